The fraction of sp³-hybridized carbons (Fsp3) is 0.333. The Kier molecular flexibility index (Phi) is 2.09. The van der Waals surface area contributed by atoms with Gasteiger partial charge in [-0.1, -0.05) is 0 Å². The maximum Gasteiger partial charge on any atom is 0.149 e. The van der Waals surface area contributed by atoms with Crippen LogP contribution in [0.2, 0.25) is 0 Å². The van der Waals surface area contributed by atoms with E-state index < -0.39 is 0 Å². The number of nitrogens with two attached hydrogens (primary N) is 1. The minimum absolute atomic E-state index is 0.252. The van der Waals surface area contributed by atoms with Crippen LogP contribution in [0, 0.1) is 13.8 Å². The first-order chi connectivity index (χ1) is 8.99. The number of aryl methyl sites for hydroxylation is 2. The van der Waals surface area contributed by atoms with Crippen molar-refractivity contribution in [1.82, 2.24) is 0 Å². The Bertz CT molecular complexity index is 766. The molecule has 0 radical (unpaired) electrons. The summed E-state index contributed by atoms with van der Waals surface area (Å²) < 4.78 is 12.7. The second-order valence-corrected chi connectivity index (χ2v) is 6.34. The zero-order valence-corrected chi connectivity index (χ0v) is 12.4. The molecule has 0 atom stereocenters. The highest BCUT2D eigenvalue weighted by Gasteiger charge is 2.44. The van der Waals surface area contributed by atoms with Gasteiger partial charge in [-0.2, -0.15) is 0 Å². The molecule has 0 saturated heterocycles. The number of rotatable bonds is 1. The summed E-state index contributed by atoms with van der Waals surface area (Å²) in [5, 5.41) is 2.12. The van der Waals surface area contributed by atoms with Gasteiger partial charge >= 0.3 is 0 Å². The van der Waals surface area contributed by atoms with Crippen molar-refractivity contribution in [1.29, 1.82) is 0 Å². The maximum absolute atomic E-state index is 6.45. The largest absolute Gasteiger partial charge is 0.461 e. The predicted octanol–water partition coefficient (Wildman–Crippen LogP) is 4.51. The molecule has 3 nitrogen and oxygen atoms in total. The van der Waals surface area contributed by atoms with Gasteiger partial charge in [0.15, 0.2) is 0 Å². The summed E-state index contributed by atoms with van der Waals surface area (Å²) in [5.41, 5.74) is 9.08. The van der Waals surface area contributed by atoms with Crippen molar-refractivity contribution in [2.75, 3.05) is 0 Å². The number of furan rings is 2. The molecule has 4 rings (SSSR count). The Morgan fingerprint density at radius 1 is 1.05 bits per heavy atom. The lowest BCUT2D eigenvalue weighted by Crippen LogP contribution is -2.19. The summed E-state index contributed by atoms with van der Waals surface area (Å²) in [6.07, 6.45) is 2.01. The van der Waals surface area contributed by atoms with Crippen LogP contribution in [0.5, 0.6) is 0 Å². The minimum Gasteiger partial charge on any atom is -0.461 e. The van der Waals surface area contributed by atoms with Crippen LogP contribution in [0.15, 0.2) is 25.4 Å². The molecule has 1 aromatic carbocycles. The molecule has 2 heterocycles. The van der Waals surface area contributed by atoms with E-state index in [1.54, 1.807) is 0 Å². The van der Waals surface area contributed by atoms with Crippen molar-refractivity contribution in [2.45, 2.75) is 32.2 Å². The zero-order valence-electron chi connectivity index (χ0n) is 10.8. The van der Waals surface area contributed by atoms with Crippen LogP contribution < -0.4 is 5.73 Å². The van der Waals surface area contributed by atoms with Gasteiger partial charge in [-0.15, -0.1) is 0 Å². The molecule has 19 heavy (non-hydrogen) atoms. The monoisotopic (exact) mass is 319 g/mol. The molecule has 1 saturated carbocycles. The van der Waals surface area contributed by atoms with Gasteiger partial charge in [0, 0.05) is 21.9 Å². The molecular weight excluding hydrogens is 306 g/mol. The molecule has 0 aliphatic heterocycles. The van der Waals surface area contributed by atoms with E-state index in [4.69, 9.17) is 14.6 Å². The highest BCUT2D eigenvalue weighted by molar-refractivity contribution is 9.10. The van der Waals surface area contributed by atoms with Crippen molar-refractivity contribution in [2.24, 2.45) is 5.73 Å². The van der Waals surface area contributed by atoms with Gasteiger partial charge in [-0.25, -0.2) is 0 Å². The van der Waals surface area contributed by atoms with Gasteiger partial charge < -0.3 is 14.6 Å². The van der Waals surface area contributed by atoms with E-state index in [1.807, 2.05) is 19.9 Å². The molecule has 0 unspecified atom stereocenters. The molecule has 3 aromatic rings. The Hall–Kier alpha value is -1.26. The van der Waals surface area contributed by atoms with Crippen LogP contribution in [0.4, 0.5) is 0 Å². The summed E-state index contributed by atoms with van der Waals surface area (Å²) >= 11 is 3.64. The standard InChI is InChI=1S/C15H14BrNO2/c1-7-5-9-11(15(17)3-4-15)13-10(6-8(2)18-13)12(16)14(9)19-7/h5-6H,3-4,17H2,1-2H3. The Morgan fingerprint density at radius 2 is 1.63 bits per heavy atom. The van der Waals surface area contributed by atoms with E-state index in [2.05, 4.69) is 22.0 Å². The molecular formula is C15H14BrNO2. The fourth-order valence-electron chi connectivity index (χ4n) is 2.85. The fourth-order valence-corrected chi connectivity index (χ4v) is 3.44. The normalized spacial score (nSPS) is 17.5. The Balaban J connectivity index is 2.27. The number of benzene rings is 1. The summed E-state index contributed by atoms with van der Waals surface area (Å²) in [5.74, 6) is 1.79. The third-order valence-corrected chi connectivity index (χ3v) is 4.72. The quantitative estimate of drug-likeness (QED) is 0.718. The summed E-state index contributed by atoms with van der Waals surface area (Å²) in [4.78, 5) is 0. The van der Waals surface area contributed by atoms with Crippen LogP contribution in [0.25, 0.3) is 21.9 Å². The molecule has 2 N–H and O–H groups in total. The number of hydrogen-bond acceptors (Lipinski definition) is 3. The molecule has 4 heteroatoms. The number of hydrogen-bond donors (Lipinski definition) is 1. The zero-order chi connectivity index (χ0) is 13.4. The van der Waals surface area contributed by atoms with Crippen LogP contribution in [0.1, 0.15) is 29.9 Å². The minimum atomic E-state index is -0.252. The Labute approximate surface area is 118 Å². The molecule has 1 aliphatic rings. The summed E-state index contributed by atoms with van der Waals surface area (Å²) in [7, 11) is 0. The molecule has 0 bridgehead atoms. The summed E-state index contributed by atoms with van der Waals surface area (Å²) in [6.45, 7) is 3.92. The maximum atomic E-state index is 6.45. The van der Waals surface area contributed by atoms with Crippen LogP contribution >= 0.6 is 15.9 Å². The van der Waals surface area contributed by atoms with Gasteiger partial charge in [0.2, 0.25) is 0 Å². The molecule has 2 aromatic heterocycles. The lowest BCUT2D eigenvalue weighted by atomic mass is 9.98. The van der Waals surface area contributed by atoms with Crippen molar-refractivity contribution in [3.05, 3.63) is 33.7 Å². The number of halogens is 1. The molecule has 1 aliphatic carbocycles. The van der Waals surface area contributed by atoms with E-state index in [0.717, 1.165) is 56.3 Å². The lowest BCUT2D eigenvalue weighted by molar-refractivity contribution is 0.566. The second-order valence-electron chi connectivity index (χ2n) is 5.54. The van der Waals surface area contributed by atoms with E-state index in [1.165, 1.54) is 0 Å². The van der Waals surface area contributed by atoms with Gasteiger partial charge in [0.05, 0.1) is 4.47 Å². The SMILES string of the molecule is Cc1cc2c(C3(N)CC3)c3oc(C)cc3c(Br)c2o1. The lowest BCUT2D eigenvalue weighted by Gasteiger charge is -2.12. The van der Waals surface area contributed by atoms with Gasteiger partial charge in [-0.05, 0) is 54.8 Å². The summed E-state index contributed by atoms with van der Waals surface area (Å²) in [6, 6.07) is 4.09. The van der Waals surface area contributed by atoms with E-state index in [0.29, 0.717) is 0 Å². The average molecular weight is 320 g/mol. The first kappa shape index (κ1) is 11.6. The molecule has 1 fully saturated rings. The van der Waals surface area contributed by atoms with Gasteiger partial charge in [-0.3, -0.25) is 0 Å². The van der Waals surface area contributed by atoms with Gasteiger partial charge in [0.1, 0.15) is 22.7 Å². The first-order valence-electron chi connectivity index (χ1n) is 6.41. The number of fused-ring (bicyclic) bond motifs is 2. The molecule has 0 amide bonds. The third-order valence-electron chi connectivity index (χ3n) is 3.93. The average Bonchev–Trinajstić information content (AvgIpc) is 2.79. The van der Waals surface area contributed by atoms with Crippen molar-refractivity contribution >= 4 is 37.9 Å². The smallest absolute Gasteiger partial charge is 0.149 e. The first-order valence-corrected chi connectivity index (χ1v) is 7.20. The highest BCUT2D eigenvalue weighted by atomic mass is 79.9. The predicted molar refractivity (Wildman–Crippen MR) is 78.3 cm³/mol. The van der Waals surface area contributed by atoms with Crippen molar-refractivity contribution in [3.8, 4) is 0 Å². The third kappa shape index (κ3) is 1.47. The van der Waals surface area contributed by atoms with E-state index >= 15 is 0 Å². The van der Waals surface area contributed by atoms with Crippen molar-refractivity contribution in [3.63, 3.8) is 0 Å². The van der Waals surface area contributed by atoms with Crippen LogP contribution in [0.3, 0.4) is 0 Å². The topological polar surface area (TPSA) is 52.3 Å². The van der Waals surface area contributed by atoms with E-state index in [9.17, 15) is 0 Å². The molecule has 98 valence electrons. The van der Waals surface area contributed by atoms with Crippen molar-refractivity contribution < 1.29 is 8.83 Å². The van der Waals surface area contributed by atoms with E-state index in [-0.39, 0.29) is 5.54 Å². The van der Waals surface area contributed by atoms with Gasteiger partial charge in [0.25, 0.3) is 0 Å². The van der Waals surface area contributed by atoms with Crippen LogP contribution in [-0.2, 0) is 5.54 Å². The van der Waals surface area contributed by atoms with Crippen LogP contribution in [-0.4, -0.2) is 0 Å². The molecule has 0 spiro atoms. The second kappa shape index (κ2) is 3.44. The Morgan fingerprint density at radius 3 is 2.26 bits per heavy atom. The highest BCUT2D eigenvalue weighted by Crippen LogP contribution is 2.51.